The molecule has 0 spiro atoms. The highest BCUT2D eigenvalue weighted by Crippen LogP contribution is 2.38. The summed E-state index contributed by atoms with van der Waals surface area (Å²) in [6.45, 7) is 2.24. The molecule has 2 aromatic carbocycles. The van der Waals surface area contributed by atoms with Crippen molar-refractivity contribution < 1.29 is 27.9 Å². The van der Waals surface area contributed by atoms with Crippen LogP contribution in [0.25, 0.3) is 0 Å². The molecule has 1 heterocycles. The van der Waals surface area contributed by atoms with Gasteiger partial charge in [0.15, 0.2) is 11.6 Å². The summed E-state index contributed by atoms with van der Waals surface area (Å²) in [5.41, 5.74) is 7.17. The monoisotopic (exact) mass is 513 g/mol. The minimum atomic E-state index is -1.23. The molecular weight excluding hydrogens is 480 g/mol. The van der Waals surface area contributed by atoms with Gasteiger partial charge in [-0.1, -0.05) is 25.1 Å². The lowest BCUT2D eigenvalue weighted by Crippen LogP contribution is -2.63. The molecule has 2 aromatic rings. The van der Waals surface area contributed by atoms with Gasteiger partial charge in [0.1, 0.15) is 5.54 Å². The van der Waals surface area contributed by atoms with E-state index in [0.717, 1.165) is 5.56 Å². The lowest BCUT2D eigenvalue weighted by Gasteiger charge is -2.46. The summed E-state index contributed by atoms with van der Waals surface area (Å²) >= 11 is 0. The topological polar surface area (TPSA) is 92.9 Å². The van der Waals surface area contributed by atoms with E-state index in [1.165, 1.54) is 24.1 Å². The van der Waals surface area contributed by atoms with Crippen LogP contribution in [0.1, 0.15) is 56.1 Å². The SMILES string of the molecule is CCC(=O)N(c1ccccc1)C1(C(=O)OC)CCN(C(=O)CC(N)C2CCc3cc(F)c(F)cc32)CC1. The zero-order valence-electron chi connectivity index (χ0n) is 21.2. The Morgan fingerprint density at radius 3 is 2.41 bits per heavy atom. The summed E-state index contributed by atoms with van der Waals surface area (Å²) < 4.78 is 32.6. The van der Waals surface area contributed by atoms with Gasteiger partial charge in [-0.25, -0.2) is 13.6 Å². The zero-order chi connectivity index (χ0) is 26.7. The van der Waals surface area contributed by atoms with Crippen molar-refractivity contribution in [1.82, 2.24) is 4.90 Å². The maximum Gasteiger partial charge on any atom is 0.332 e. The Kier molecular flexibility index (Phi) is 7.92. The number of methoxy groups -OCH3 is 1. The van der Waals surface area contributed by atoms with E-state index in [4.69, 9.17) is 10.5 Å². The fraction of sp³-hybridized carbons (Fsp3) is 0.464. The van der Waals surface area contributed by atoms with Crippen molar-refractivity contribution in [2.45, 2.75) is 62.9 Å². The van der Waals surface area contributed by atoms with Gasteiger partial charge in [-0.05, 0) is 61.1 Å². The Morgan fingerprint density at radius 2 is 1.78 bits per heavy atom. The van der Waals surface area contributed by atoms with Crippen LogP contribution in [0.5, 0.6) is 0 Å². The van der Waals surface area contributed by atoms with Crippen molar-refractivity contribution in [1.29, 1.82) is 0 Å². The first kappa shape index (κ1) is 26.7. The Balaban J connectivity index is 1.48. The number of aryl methyl sites for hydroxylation is 1. The van der Waals surface area contributed by atoms with Gasteiger partial charge in [0.2, 0.25) is 11.8 Å². The van der Waals surface area contributed by atoms with Crippen molar-refractivity contribution in [2.24, 2.45) is 5.73 Å². The lowest BCUT2D eigenvalue weighted by atomic mass is 9.84. The van der Waals surface area contributed by atoms with Gasteiger partial charge in [-0.15, -0.1) is 0 Å². The number of halogens is 2. The molecule has 0 aromatic heterocycles. The number of rotatable bonds is 7. The van der Waals surface area contributed by atoms with Crippen LogP contribution < -0.4 is 10.6 Å². The highest BCUT2D eigenvalue weighted by atomic mass is 19.2. The van der Waals surface area contributed by atoms with Gasteiger partial charge in [0.25, 0.3) is 0 Å². The Hall–Kier alpha value is -3.33. The molecule has 0 radical (unpaired) electrons. The number of nitrogens with two attached hydrogens (primary N) is 1. The second kappa shape index (κ2) is 11.0. The Bertz CT molecular complexity index is 1170. The summed E-state index contributed by atoms with van der Waals surface area (Å²) in [6.07, 6.45) is 1.91. The smallest absolute Gasteiger partial charge is 0.332 e. The van der Waals surface area contributed by atoms with E-state index in [9.17, 15) is 23.2 Å². The van der Waals surface area contributed by atoms with E-state index in [0.29, 0.717) is 24.1 Å². The molecule has 37 heavy (non-hydrogen) atoms. The molecule has 4 rings (SSSR count). The third-order valence-corrected chi connectivity index (χ3v) is 7.74. The zero-order valence-corrected chi connectivity index (χ0v) is 21.2. The average Bonchev–Trinajstić information content (AvgIpc) is 3.31. The third kappa shape index (κ3) is 5.09. The van der Waals surface area contributed by atoms with Gasteiger partial charge >= 0.3 is 5.97 Å². The highest BCUT2D eigenvalue weighted by Gasteiger charge is 2.50. The number of carbonyl (C=O) groups excluding carboxylic acids is 3. The number of anilines is 1. The molecule has 2 atom stereocenters. The van der Waals surface area contributed by atoms with Crippen molar-refractivity contribution in [3.8, 4) is 0 Å². The summed E-state index contributed by atoms with van der Waals surface area (Å²) in [5.74, 6) is -2.92. The number of esters is 1. The van der Waals surface area contributed by atoms with Gasteiger partial charge < -0.3 is 15.4 Å². The largest absolute Gasteiger partial charge is 0.467 e. The molecule has 1 saturated heterocycles. The first-order valence-electron chi connectivity index (χ1n) is 12.7. The molecule has 2 N–H and O–H groups in total. The summed E-state index contributed by atoms with van der Waals surface area (Å²) in [4.78, 5) is 42.6. The maximum absolute atomic E-state index is 13.8. The van der Waals surface area contributed by atoms with Crippen LogP contribution in [-0.2, 0) is 25.5 Å². The van der Waals surface area contributed by atoms with Gasteiger partial charge in [-0.3, -0.25) is 14.5 Å². The van der Waals surface area contributed by atoms with Gasteiger partial charge in [-0.2, -0.15) is 0 Å². The number of benzene rings is 2. The number of hydrogen-bond donors (Lipinski definition) is 1. The number of amides is 2. The van der Waals surface area contributed by atoms with E-state index < -0.39 is 29.2 Å². The fourth-order valence-electron chi connectivity index (χ4n) is 5.75. The van der Waals surface area contributed by atoms with Gasteiger partial charge in [0.05, 0.1) is 7.11 Å². The number of ether oxygens (including phenoxy) is 1. The first-order chi connectivity index (χ1) is 17.7. The van der Waals surface area contributed by atoms with Crippen LogP contribution in [0.15, 0.2) is 42.5 Å². The normalized spacial score (nSPS) is 19.2. The fourth-order valence-corrected chi connectivity index (χ4v) is 5.75. The molecule has 1 fully saturated rings. The van der Waals surface area contributed by atoms with Crippen LogP contribution in [0.2, 0.25) is 0 Å². The van der Waals surface area contributed by atoms with Crippen molar-refractivity contribution in [2.75, 3.05) is 25.1 Å². The number of nitrogens with zero attached hydrogens (tertiary/aromatic N) is 2. The molecule has 9 heteroatoms. The second-order valence-electron chi connectivity index (χ2n) is 9.80. The van der Waals surface area contributed by atoms with E-state index in [-0.39, 0.29) is 56.5 Å². The number of likely N-dealkylation sites (tertiary alicyclic amines) is 1. The minimum absolute atomic E-state index is 0.0462. The van der Waals surface area contributed by atoms with Crippen LogP contribution in [0.4, 0.5) is 14.5 Å². The Labute approximate surface area is 215 Å². The van der Waals surface area contributed by atoms with Crippen molar-refractivity contribution >= 4 is 23.5 Å². The number of fused-ring (bicyclic) bond motifs is 1. The van der Waals surface area contributed by atoms with Crippen LogP contribution in [0.3, 0.4) is 0 Å². The third-order valence-electron chi connectivity index (χ3n) is 7.74. The number of para-hydroxylation sites is 1. The molecule has 1 aliphatic carbocycles. The minimum Gasteiger partial charge on any atom is -0.467 e. The van der Waals surface area contributed by atoms with E-state index in [1.54, 1.807) is 36.1 Å². The predicted molar refractivity (Wildman–Crippen MR) is 135 cm³/mol. The average molecular weight is 514 g/mol. The van der Waals surface area contributed by atoms with Gasteiger partial charge in [0, 0.05) is 43.6 Å². The summed E-state index contributed by atoms with van der Waals surface area (Å²) in [5, 5.41) is 0. The van der Waals surface area contributed by atoms with Crippen molar-refractivity contribution in [3.05, 3.63) is 65.2 Å². The maximum atomic E-state index is 13.8. The molecular formula is C28H33F2N3O4. The summed E-state index contributed by atoms with van der Waals surface area (Å²) in [6, 6.07) is 10.9. The van der Waals surface area contributed by atoms with E-state index >= 15 is 0 Å². The molecule has 1 aliphatic heterocycles. The number of carbonyl (C=O) groups is 3. The molecule has 2 unspecified atom stereocenters. The summed E-state index contributed by atoms with van der Waals surface area (Å²) in [7, 11) is 1.30. The van der Waals surface area contributed by atoms with Crippen LogP contribution >= 0.6 is 0 Å². The van der Waals surface area contributed by atoms with E-state index in [2.05, 4.69) is 0 Å². The highest BCUT2D eigenvalue weighted by molar-refractivity contribution is 6.02. The predicted octanol–water partition coefficient (Wildman–Crippen LogP) is 3.69. The van der Waals surface area contributed by atoms with Crippen LogP contribution in [-0.4, -0.2) is 54.5 Å². The first-order valence-corrected chi connectivity index (χ1v) is 12.7. The quantitative estimate of drug-likeness (QED) is 0.570. The van der Waals surface area contributed by atoms with Crippen molar-refractivity contribution in [3.63, 3.8) is 0 Å². The molecule has 2 aliphatic rings. The molecule has 7 nitrogen and oxygen atoms in total. The Morgan fingerprint density at radius 1 is 1.14 bits per heavy atom. The standard InChI is InChI=1S/C28H33F2N3O4/c1-3-25(34)33(19-7-5-4-6-8-19)28(27(36)37-2)11-13-32(14-12-28)26(35)17-24(31)20-10-9-18-15-22(29)23(30)16-21(18)20/h4-8,15-16,20,24H,3,9-14,17,31H2,1-2H3. The molecule has 0 bridgehead atoms. The van der Waals surface area contributed by atoms with Crippen LogP contribution in [0, 0.1) is 11.6 Å². The molecule has 198 valence electrons. The lowest BCUT2D eigenvalue weighted by molar-refractivity contribution is -0.152. The second-order valence-corrected chi connectivity index (χ2v) is 9.80. The molecule has 2 amide bonds. The number of piperidine rings is 1. The molecule has 0 saturated carbocycles. The van der Waals surface area contributed by atoms with E-state index in [1.807, 2.05) is 6.07 Å². The number of hydrogen-bond acceptors (Lipinski definition) is 5.